The molecule has 3 rings (SSSR count). The molecule has 7 nitrogen and oxygen atoms in total. The summed E-state index contributed by atoms with van der Waals surface area (Å²) in [5.41, 5.74) is 9.29. The maximum absolute atomic E-state index is 10.9. The summed E-state index contributed by atoms with van der Waals surface area (Å²) in [4.78, 5) is 24.2. The van der Waals surface area contributed by atoms with Crippen molar-refractivity contribution in [1.82, 2.24) is 15.0 Å². The molecule has 0 bridgehead atoms. The van der Waals surface area contributed by atoms with E-state index >= 15 is 0 Å². The molecule has 0 saturated carbocycles. The summed E-state index contributed by atoms with van der Waals surface area (Å²) < 4.78 is 0. The highest BCUT2D eigenvalue weighted by atomic mass is 16.4. The van der Waals surface area contributed by atoms with Gasteiger partial charge in [0.2, 0.25) is 5.95 Å². The quantitative estimate of drug-likeness (QED) is 0.560. The second-order valence-corrected chi connectivity index (χ2v) is 6.06. The molecule has 1 aromatic carbocycles. The van der Waals surface area contributed by atoms with Gasteiger partial charge in [0.15, 0.2) is 5.82 Å². The number of aromatic carboxylic acids is 1. The van der Waals surface area contributed by atoms with Crippen LogP contribution in [0.5, 0.6) is 0 Å². The molecule has 0 spiro atoms. The highest BCUT2D eigenvalue weighted by Crippen LogP contribution is 2.21. The van der Waals surface area contributed by atoms with Crippen molar-refractivity contribution in [1.29, 1.82) is 0 Å². The van der Waals surface area contributed by atoms with Gasteiger partial charge in [-0.1, -0.05) is 25.5 Å². The highest BCUT2D eigenvalue weighted by molar-refractivity contribution is 5.87. The van der Waals surface area contributed by atoms with Crippen molar-refractivity contribution in [2.24, 2.45) is 0 Å². The zero-order valence-corrected chi connectivity index (χ0v) is 14.6. The first-order valence-corrected chi connectivity index (χ1v) is 8.56. The minimum absolute atomic E-state index is 0.218. The summed E-state index contributed by atoms with van der Waals surface area (Å²) in [5, 5.41) is 12.3. The van der Waals surface area contributed by atoms with Gasteiger partial charge in [0.1, 0.15) is 5.52 Å². The smallest absolute Gasteiger partial charge is 0.335 e. The Balaban J connectivity index is 1.88. The molecule has 0 aliphatic carbocycles. The van der Waals surface area contributed by atoms with Crippen LogP contribution in [0.25, 0.3) is 11.0 Å². The molecule has 26 heavy (non-hydrogen) atoms. The van der Waals surface area contributed by atoms with Crippen LogP contribution < -0.4 is 11.1 Å². The lowest BCUT2D eigenvalue weighted by atomic mass is 10.1. The van der Waals surface area contributed by atoms with Crippen molar-refractivity contribution in [2.75, 3.05) is 17.6 Å². The molecule has 2 heterocycles. The first-order chi connectivity index (χ1) is 12.6. The molecule has 0 saturated heterocycles. The third kappa shape index (κ3) is 4.05. The predicted molar refractivity (Wildman–Crippen MR) is 101 cm³/mol. The Kier molecular flexibility index (Phi) is 5.26. The second-order valence-electron chi connectivity index (χ2n) is 6.06. The first-order valence-electron chi connectivity index (χ1n) is 8.56. The summed E-state index contributed by atoms with van der Waals surface area (Å²) in [6, 6.07) is 10.6. The van der Waals surface area contributed by atoms with Crippen LogP contribution in [0.4, 0.5) is 11.8 Å². The maximum Gasteiger partial charge on any atom is 0.335 e. The van der Waals surface area contributed by atoms with Gasteiger partial charge in [0.25, 0.3) is 0 Å². The molecule has 0 aliphatic rings. The lowest BCUT2D eigenvalue weighted by Gasteiger charge is -2.10. The zero-order valence-electron chi connectivity index (χ0n) is 14.6. The molecule has 0 amide bonds. The molecular weight excluding hydrogens is 330 g/mol. The molecule has 0 unspecified atom stereocenters. The lowest BCUT2D eigenvalue weighted by Crippen LogP contribution is -2.08. The Morgan fingerprint density at radius 3 is 2.58 bits per heavy atom. The van der Waals surface area contributed by atoms with Crippen LogP contribution in [0.1, 0.15) is 41.4 Å². The molecule has 0 radical (unpaired) electrons. The molecule has 0 fully saturated rings. The number of carbonyl (C=O) groups is 1. The van der Waals surface area contributed by atoms with Gasteiger partial charge in [-0.15, -0.1) is 0 Å². The first kappa shape index (κ1) is 17.6. The van der Waals surface area contributed by atoms with Gasteiger partial charge < -0.3 is 16.2 Å². The van der Waals surface area contributed by atoms with Crippen LogP contribution in [0.2, 0.25) is 0 Å². The van der Waals surface area contributed by atoms with Gasteiger partial charge >= 0.3 is 5.97 Å². The summed E-state index contributed by atoms with van der Waals surface area (Å²) >= 11 is 0. The van der Waals surface area contributed by atoms with Gasteiger partial charge in [-0.05, 0) is 36.2 Å². The SMILES string of the molecule is CCCCNc1nc(N)nc2ccc(Cc3ccc(C(=O)O)cc3)nc12. The highest BCUT2D eigenvalue weighted by Gasteiger charge is 2.09. The van der Waals surface area contributed by atoms with E-state index in [-0.39, 0.29) is 11.5 Å². The molecule has 0 aliphatic heterocycles. The number of pyridine rings is 1. The minimum atomic E-state index is -0.932. The van der Waals surface area contributed by atoms with Gasteiger partial charge in [0.05, 0.1) is 11.1 Å². The van der Waals surface area contributed by atoms with E-state index in [0.717, 1.165) is 30.6 Å². The Hall–Kier alpha value is -3.22. The summed E-state index contributed by atoms with van der Waals surface area (Å²) in [6.45, 7) is 2.92. The number of nitrogens with zero attached hydrogens (tertiary/aromatic N) is 3. The van der Waals surface area contributed by atoms with Gasteiger partial charge in [0, 0.05) is 18.7 Å². The van der Waals surface area contributed by atoms with Crippen molar-refractivity contribution < 1.29 is 9.90 Å². The second kappa shape index (κ2) is 7.77. The average molecular weight is 351 g/mol. The maximum atomic E-state index is 10.9. The topological polar surface area (TPSA) is 114 Å². The fourth-order valence-corrected chi connectivity index (χ4v) is 2.65. The normalized spacial score (nSPS) is 10.8. The molecule has 0 atom stereocenters. The number of carboxylic acids is 1. The Bertz CT molecular complexity index is 925. The van der Waals surface area contributed by atoms with Crippen molar-refractivity contribution in [2.45, 2.75) is 26.2 Å². The van der Waals surface area contributed by atoms with Crippen LogP contribution in [0.3, 0.4) is 0 Å². The van der Waals surface area contributed by atoms with Crippen molar-refractivity contribution in [3.05, 3.63) is 53.2 Å². The van der Waals surface area contributed by atoms with Crippen LogP contribution in [-0.2, 0) is 6.42 Å². The largest absolute Gasteiger partial charge is 0.478 e. The molecule has 134 valence electrons. The van der Waals surface area contributed by atoms with Gasteiger partial charge in [-0.25, -0.2) is 14.8 Å². The zero-order chi connectivity index (χ0) is 18.5. The number of aromatic nitrogens is 3. The summed E-state index contributed by atoms with van der Waals surface area (Å²) in [5.74, 6) is -0.0720. The fourth-order valence-electron chi connectivity index (χ4n) is 2.65. The number of nitrogens with one attached hydrogen (secondary N) is 1. The van der Waals surface area contributed by atoms with Crippen LogP contribution in [0, 0.1) is 0 Å². The van der Waals surface area contributed by atoms with E-state index in [9.17, 15) is 4.79 Å². The average Bonchev–Trinajstić information content (AvgIpc) is 2.62. The van der Waals surface area contributed by atoms with E-state index in [1.807, 2.05) is 12.1 Å². The Morgan fingerprint density at radius 2 is 1.88 bits per heavy atom. The Morgan fingerprint density at radius 1 is 1.12 bits per heavy atom. The van der Waals surface area contributed by atoms with Crippen molar-refractivity contribution in [3.63, 3.8) is 0 Å². The molecule has 7 heteroatoms. The fraction of sp³-hybridized carbons (Fsp3) is 0.263. The van der Waals surface area contributed by atoms with E-state index in [4.69, 9.17) is 10.8 Å². The van der Waals surface area contributed by atoms with Crippen molar-refractivity contribution in [3.8, 4) is 0 Å². The summed E-state index contributed by atoms with van der Waals surface area (Å²) in [6.07, 6.45) is 2.70. The van der Waals surface area contributed by atoms with Crippen LogP contribution in [0.15, 0.2) is 36.4 Å². The van der Waals surface area contributed by atoms with Crippen LogP contribution in [-0.4, -0.2) is 32.6 Å². The number of fused-ring (bicyclic) bond motifs is 1. The molecular formula is C19H21N5O2. The monoisotopic (exact) mass is 351 g/mol. The Labute approximate surface area is 151 Å². The third-order valence-corrected chi connectivity index (χ3v) is 4.03. The molecule has 4 N–H and O–H groups in total. The van der Waals surface area contributed by atoms with E-state index < -0.39 is 5.97 Å². The number of carboxylic acid groups (broad SMARTS) is 1. The van der Waals surface area contributed by atoms with Crippen molar-refractivity contribution >= 4 is 28.8 Å². The van der Waals surface area contributed by atoms with E-state index in [1.165, 1.54) is 0 Å². The number of nitrogens with two attached hydrogens (primary N) is 1. The van der Waals surface area contributed by atoms with E-state index in [0.29, 0.717) is 23.3 Å². The molecule has 3 aromatic rings. The number of nitrogen functional groups attached to an aromatic ring is 1. The number of unbranched alkanes of at least 4 members (excludes halogenated alkanes) is 1. The number of hydrogen-bond donors (Lipinski definition) is 3. The molecule has 2 aromatic heterocycles. The number of benzene rings is 1. The van der Waals surface area contributed by atoms with Gasteiger partial charge in [-0.3, -0.25) is 0 Å². The number of anilines is 2. The van der Waals surface area contributed by atoms with E-state index in [2.05, 4.69) is 27.2 Å². The van der Waals surface area contributed by atoms with Crippen LogP contribution >= 0.6 is 0 Å². The number of hydrogen-bond acceptors (Lipinski definition) is 6. The minimum Gasteiger partial charge on any atom is -0.478 e. The third-order valence-electron chi connectivity index (χ3n) is 4.03. The predicted octanol–water partition coefficient (Wildman–Crippen LogP) is 3.11. The van der Waals surface area contributed by atoms with E-state index in [1.54, 1.807) is 24.3 Å². The standard InChI is InChI=1S/C19H21N5O2/c1-2-3-10-21-17-16-15(23-19(20)24-17)9-8-14(22-16)11-12-4-6-13(7-5-12)18(25)26/h4-9H,2-3,10-11H2,1H3,(H,25,26)(H3,20,21,23,24). The summed E-state index contributed by atoms with van der Waals surface area (Å²) in [7, 11) is 0. The number of rotatable bonds is 7. The van der Waals surface area contributed by atoms with Gasteiger partial charge in [-0.2, -0.15) is 4.98 Å². The lowest BCUT2D eigenvalue weighted by molar-refractivity contribution is 0.0697.